The average molecular weight is 328 g/mol. The van der Waals surface area contributed by atoms with E-state index in [1.54, 1.807) is 13.0 Å². The van der Waals surface area contributed by atoms with Gasteiger partial charge in [0, 0.05) is 5.56 Å². The summed E-state index contributed by atoms with van der Waals surface area (Å²) in [6.45, 7) is 3.74. The second kappa shape index (κ2) is 7.17. The molecule has 0 bridgehead atoms. The van der Waals surface area contributed by atoms with Crippen LogP contribution in [-0.4, -0.2) is 31.3 Å². The third-order valence-corrected chi connectivity index (χ3v) is 3.92. The largest absolute Gasteiger partial charge is 0.506 e. The van der Waals surface area contributed by atoms with Crippen LogP contribution in [0.3, 0.4) is 0 Å². The second-order valence-corrected chi connectivity index (χ2v) is 5.38. The summed E-state index contributed by atoms with van der Waals surface area (Å²) >= 11 is 0. The minimum atomic E-state index is -0.691. The number of hydrogen-bond donors (Lipinski definition) is 1. The van der Waals surface area contributed by atoms with Crippen LogP contribution in [0.25, 0.3) is 11.1 Å². The highest BCUT2D eigenvalue weighted by Gasteiger charge is 2.26. The SMILES string of the molecule is CCc1c(C(=O)OC)cc(-c2ccc(C)cc2)c(O)c1C(=O)OC. The van der Waals surface area contributed by atoms with Gasteiger partial charge in [-0.25, -0.2) is 9.59 Å². The van der Waals surface area contributed by atoms with Crippen LogP contribution in [0.5, 0.6) is 5.75 Å². The van der Waals surface area contributed by atoms with Crippen LogP contribution in [0.2, 0.25) is 0 Å². The Morgan fingerprint density at radius 2 is 1.62 bits per heavy atom. The fourth-order valence-corrected chi connectivity index (χ4v) is 2.65. The predicted octanol–water partition coefficient (Wildman–Crippen LogP) is 3.50. The van der Waals surface area contributed by atoms with Gasteiger partial charge in [-0.15, -0.1) is 0 Å². The molecule has 2 aromatic carbocycles. The second-order valence-electron chi connectivity index (χ2n) is 5.38. The van der Waals surface area contributed by atoms with Crippen molar-refractivity contribution in [3.63, 3.8) is 0 Å². The first-order valence-electron chi connectivity index (χ1n) is 7.57. The van der Waals surface area contributed by atoms with Gasteiger partial charge in [-0.05, 0) is 30.5 Å². The molecule has 0 aliphatic carbocycles. The van der Waals surface area contributed by atoms with E-state index in [1.165, 1.54) is 14.2 Å². The molecule has 0 unspecified atom stereocenters. The van der Waals surface area contributed by atoms with Crippen LogP contribution in [0.1, 0.15) is 38.8 Å². The molecule has 0 atom stereocenters. The van der Waals surface area contributed by atoms with Crippen LogP contribution < -0.4 is 0 Å². The molecule has 0 amide bonds. The lowest BCUT2D eigenvalue weighted by atomic mass is 9.91. The summed E-state index contributed by atoms with van der Waals surface area (Å²) < 4.78 is 9.61. The topological polar surface area (TPSA) is 72.8 Å². The smallest absolute Gasteiger partial charge is 0.341 e. The first kappa shape index (κ1) is 17.5. The molecule has 0 aliphatic rings. The Balaban J connectivity index is 2.83. The molecule has 1 N–H and O–H groups in total. The van der Waals surface area contributed by atoms with E-state index in [0.29, 0.717) is 23.1 Å². The van der Waals surface area contributed by atoms with Gasteiger partial charge in [-0.2, -0.15) is 0 Å². The van der Waals surface area contributed by atoms with Crippen LogP contribution >= 0.6 is 0 Å². The van der Waals surface area contributed by atoms with Gasteiger partial charge in [-0.1, -0.05) is 36.8 Å². The Morgan fingerprint density at radius 3 is 2.12 bits per heavy atom. The molecule has 0 aliphatic heterocycles. The van der Waals surface area contributed by atoms with E-state index in [4.69, 9.17) is 9.47 Å². The number of esters is 2. The lowest BCUT2D eigenvalue weighted by Crippen LogP contribution is -2.13. The van der Waals surface area contributed by atoms with Gasteiger partial charge in [0.15, 0.2) is 0 Å². The standard InChI is InChI=1S/C19H20O5/c1-5-13-15(18(21)23-3)10-14(12-8-6-11(2)7-9-12)17(20)16(13)19(22)24-4/h6-10,20H,5H2,1-4H3. The van der Waals surface area contributed by atoms with Crippen molar-refractivity contribution in [2.75, 3.05) is 14.2 Å². The zero-order valence-corrected chi connectivity index (χ0v) is 14.2. The van der Waals surface area contributed by atoms with Gasteiger partial charge < -0.3 is 14.6 Å². The van der Waals surface area contributed by atoms with Gasteiger partial charge in [0.1, 0.15) is 11.3 Å². The zero-order chi connectivity index (χ0) is 17.9. The highest BCUT2D eigenvalue weighted by molar-refractivity contribution is 6.03. The van der Waals surface area contributed by atoms with Crippen molar-refractivity contribution < 1.29 is 24.2 Å². The number of methoxy groups -OCH3 is 2. The van der Waals surface area contributed by atoms with Crippen molar-refractivity contribution in [1.29, 1.82) is 0 Å². The van der Waals surface area contributed by atoms with Gasteiger partial charge >= 0.3 is 11.9 Å². The molecule has 0 aromatic heterocycles. The molecular formula is C19H20O5. The molecule has 0 saturated heterocycles. The molecule has 2 rings (SSSR count). The Kier molecular flexibility index (Phi) is 5.24. The molecule has 5 nitrogen and oxygen atoms in total. The first-order chi connectivity index (χ1) is 11.4. The maximum Gasteiger partial charge on any atom is 0.341 e. The number of carbonyl (C=O) groups excluding carboxylic acids is 2. The van der Waals surface area contributed by atoms with Gasteiger partial charge in [0.25, 0.3) is 0 Å². The summed E-state index contributed by atoms with van der Waals surface area (Å²) in [7, 11) is 2.51. The van der Waals surface area contributed by atoms with E-state index < -0.39 is 11.9 Å². The van der Waals surface area contributed by atoms with Crippen molar-refractivity contribution in [3.05, 3.63) is 52.6 Å². The molecular weight excluding hydrogens is 308 g/mol. The number of benzene rings is 2. The quantitative estimate of drug-likeness (QED) is 0.870. The van der Waals surface area contributed by atoms with Crippen LogP contribution in [-0.2, 0) is 15.9 Å². The van der Waals surface area contributed by atoms with Crippen molar-refractivity contribution in [3.8, 4) is 16.9 Å². The third-order valence-electron chi connectivity index (χ3n) is 3.92. The van der Waals surface area contributed by atoms with E-state index in [1.807, 2.05) is 31.2 Å². The molecule has 24 heavy (non-hydrogen) atoms. The number of aryl methyl sites for hydroxylation is 1. The molecule has 5 heteroatoms. The van der Waals surface area contributed by atoms with E-state index in [0.717, 1.165) is 5.56 Å². The predicted molar refractivity (Wildman–Crippen MR) is 90.3 cm³/mol. The lowest BCUT2D eigenvalue weighted by Gasteiger charge is -2.16. The number of ether oxygens (including phenoxy) is 2. The minimum absolute atomic E-state index is 0.00141. The zero-order valence-electron chi connectivity index (χ0n) is 14.2. The number of hydrogen-bond acceptors (Lipinski definition) is 5. The van der Waals surface area contributed by atoms with E-state index in [2.05, 4.69) is 0 Å². The summed E-state index contributed by atoms with van der Waals surface area (Å²) in [6, 6.07) is 8.96. The molecule has 0 radical (unpaired) electrons. The summed E-state index contributed by atoms with van der Waals surface area (Å²) in [6.07, 6.45) is 0.372. The Bertz CT molecular complexity index is 775. The first-order valence-corrected chi connectivity index (χ1v) is 7.57. The molecule has 2 aromatic rings. The maximum atomic E-state index is 12.2. The fourth-order valence-electron chi connectivity index (χ4n) is 2.65. The molecule has 126 valence electrons. The van der Waals surface area contributed by atoms with Gasteiger partial charge in [0.05, 0.1) is 19.8 Å². The average Bonchev–Trinajstić information content (AvgIpc) is 2.60. The lowest BCUT2D eigenvalue weighted by molar-refractivity contribution is 0.0594. The number of aromatic hydroxyl groups is 1. The van der Waals surface area contributed by atoms with Crippen LogP contribution in [0, 0.1) is 6.92 Å². The van der Waals surface area contributed by atoms with E-state index in [-0.39, 0.29) is 16.9 Å². The molecule has 0 spiro atoms. The number of carbonyl (C=O) groups is 2. The molecule has 0 heterocycles. The summed E-state index contributed by atoms with van der Waals surface area (Å²) in [5.74, 6) is -1.45. The van der Waals surface area contributed by atoms with Gasteiger partial charge in [-0.3, -0.25) is 0 Å². The van der Waals surface area contributed by atoms with E-state index in [9.17, 15) is 14.7 Å². The Labute approximate surface area is 140 Å². The molecule has 0 fully saturated rings. The summed E-state index contributed by atoms with van der Waals surface area (Å²) in [5.41, 5.74) is 2.78. The summed E-state index contributed by atoms with van der Waals surface area (Å²) in [4.78, 5) is 24.3. The third kappa shape index (κ3) is 3.11. The maximum absolute atomic E-state index is 12.2. The number of rotatable bonds is 4. The van der Waals surface area contributed by atoms with Crippen LogP contribution in [0.15, 0.2) is 30.3 Å². The van der Waals surface area contributed by atoms with E-state index >= 15 is 0 Å². The monoisotopic (exact) mass is 328 g/mol. The fraction of sp³-hybridized carbons (Fsp3) is 0.263. The minimum Gasteiger partial charge on any atom is -0.506 e. The Morgan fingerprint density at radius 1 is 1.04 bits per heavy atom. The number of phenols is 1. The van der Waals surface area contributed by atoms with Gasteiger partial charge in [0.2, 0.25) is 0 Å². The normalized spacial score (nSPS) is 10.3. The van der Waals surface area contributed by atoms with Crippen molar-refractivity contribution >= 4 is 11.9 Å². The number of phenolic OH excluding ortho intramolecular Hbond substituents is 1. The van der Waals surface area contributed by atoms with Crippen molar-refractivity contribution in [2.24, 2.45) is 0 Å². The van der Waals surface area contributed by atoms with Crippen LogP contribution in [0.4, 0.5) is 0 Å². The highest BCUT2D eigenvalue weighted by atomic mass is 16.5. The highest BCUT2D eigenvalue weighted by Crippen LogP contribution is 2.37. The Hall–Kier alpha value is -2.82. The molecule has 0 saturated carbocycles. The van der Waals surface area contributed by atoms with Crippen molar-refractivity contribution in [2.45, 2.75) is 20.3 Å². The van der Waals surface area contributed by atoms with Crippen molar-refractivity contribution in [1.82, 2.24) is 0 Å². The summed E-state index contributed by atoms with van der Waals surface area (Å²) in [5, 5.41) is 10.7.